The molecular formula is C59H37NS. The van der Waals surface area contributed by atoms with Gasteiger partial charge in [0.05, 0.1) is 22.5 Å². The molecule has 13 rings (SSSR count). The molecule has 2 aliphatic rings. The maximum atomic E-state index is 2.60. The first-order chi connectivity index (χ1) is 30.3. The van der Waals surface area contributed by atoms with E-state index in [1.54, 1.807) is 0 Å². The number of thiophene rings is 1. The highest BCUT2D eigenvalue weighted by Crippen LogP contribution is 2.65. The van der Waals surface area contributed by atoms with Crippen LogP contribution < -0.4 is 4.90 Å². The lowest BCUT2D eigenvalue weighted by Crippen LogP contribution is -2.26. The van der Waals surface area contributed by atoms with Gasteiger partial charge in [-0.15, -0.1) is 11.3 Å². The smallest absolute Gasteiger partial charge is 0.0726 e. The molecule has 1 spiro atoms. The third-order valence-corrected chi connectivity index (χ3v) is 14.5. The molecule has 0 saturated heterocycles. The van der Waals surface area contributed by atoms with Crippen molar-refractivity contribution in [2.75, 3.05) is 4.90 Å². The average Bonchev–Trinajstić information content (AvgIpc) is 3.97. The fraction of sp³-hybridized carbons (Fsp3) is 0.0169. The van der Waals surface area contributed by atoms with Gasteiger partial charge in [0.25, 0.3) is 0 Å². The van der Waals surface area contributed by atoms with Crippen molar-refractivity contribution in [3.05, 3.63) is 247 Å². The Morgan fingerprint density at radius 2 is 0.820 bits per heavy atom. The van der Waals surface area contributed by atoms with Crippen LogP contribution in [0.3, 0.4) is 0 Å². The highest BCUT2D eigenvalue weighted by Gasteiger charge is 2.52. The number of hydrogen-bond donors (Lipinski definition) is 0. The lowest BCUT2D eigenvalue weighted by molar-refractivity contribution is 0.794. The van der Waals surface area contributed by atoms with E-state index in [0.29, 0.717) is 0 Å². The molecular weight excluding hydrogens is 755 g/mol. The first-order valence-corrected chi connectivity index (χ1v) is 21.9. The summed E-state index contributed by atoms with van der Waals surface area (Å²) >= 11 is 1.90. The lowest BCUT2D eigenvalue weighted by atomic mass is 9.70. The van der Waals surface area contributed by atoms with Crippen molar-refractivity contribution in [1.82, 2.24) is 0 Å². The first kappa shape index (κ1) is 34.4. The van der Waals surface area contributed by atoms with Crippen LogP contribution in [0.2, 0.25) is 0 Å². The minimum Gasteiger partial charge on any atom is -0.309 e. The minimum absolute atomic E-state index is 0.458. The Bertz CT molecular complexity index is 3500. The fourth-order valence-corrected chi connectivity index (χ4v) is 12.2. The maximum Gasteiger partial charge on any atom is 0.0726 e. The second-order valence-corrected chi connectivity index (χ2v) is 17.3. The average molecular weight is 792 g/mol. The molecule has 0 fully saturated rings. The Hall–Kier alpha value is -7.52. The molecule has 0 atom stereocenters. The SMILES string of the molecule is c1ccc(-c2ccccc2N(c2cccc3c2-c2ccccc2C32c3ccccc3-c3ccccc32)c2cc3c(sc4cccc(-c5ccccc5)c43)c3ccccc23)cc1. The van der Waals surface area contributed by atoms with Crippen LogP contribution in [0.15, 0.2) is 224 Å². The molecule has 1 nitrogen and oxygen atoms in total. The maximum absolute atomic E-state index is 2.60. The van der Waals surface area contributed by atoms with Crippen LogP contribution >= 0.6 is 11.3 Å². The summed E-state index contributed by atoms with van der Waals surface area (Å²) in [4.78, 5) is 2.60. The molecule has 61 heavy (non-hydrogen) atoms. The zero-order valence-electron chi connectivity index (χ0n) is 33.2. The summed E-state index contributed by atoms with van der Waals surface area (Å²) in [5.41, 5.74) is 18.4. The van der Waals surface area contributed by atoms with E-state index in [-0.39, 0.29) is 0 Å². The molecule has 0 aliphatic heterocycles. The van der Waals surface area contributed by atoms with E-state index in [0.717, 1.165) is 11.4 Å². The summed E-state index contributed by atoms with van der Waals surface area (Å²) in [7, 11) is 0. The Morgan fingerprint density at radius 3 is 1.52 bits per heavy atom. The molecule has 0 N–H and O–H groups in total. The molecule has 10 aromatic carbocycles. The van der Waals surface area contributed by atoms with Crippen molar-refractivity contribution in [2.24, 2.45) is 0 Å². The summed E-state index contributed by atoms with van der Waals surface area (Å²) in [6.07, 6.45) is 0. The summed E-state index contributed by atoms with van der Waals surface area (Å²) in [6.45, 7) is 0. The molecule has 284 valence electrons. The van der Waals surface area contributed by atoms with E-state index < -0.39 is 5.41 Å². The molecule has 0 saturated carbocycles. The number of benzene rings is 10. The van der Waals surface area contributed by atoms with Gasteiger partial charge in [0.2, 0.25) is 0 Å². The van der Waals surface area contributed by atoms with Crippen molar-refractivity contribution in [1.29, 1.82) is 0 Å². The van der Waals surface area contributed by atoms with Gasteiger partial charge in [-0.2, -0.15) is 0 Å². The lowest BCUT2D eigenvalue weighted by Gasteiger charge is -2.33. The monoisotopic (exact) mass is 791 g/mol. The molecule has 2 heteroatoms. The zero-order chi connectivity index (χ0) is 40.1. The van der Waals surface area contributed by atoms with Crippen molar-refractivity contribution in [3.8, 4) is 44.5 Å². The number of hydrogen-bond acceptors (Lipinski definition) is 2. The number of anilines is 3. The summed E-state index contributed by atoms with van der Waals surface area (Å²) in [5.74, 6) is 0. The van der Waals surface area contributed by atoms with E-state index in [9.17, 15) is 0 Å². The van der Waals surface area contributed by atoms with Crippen molar-refractivity contribution < 1.29 is 0 Å². The topological polar surface area (TPSA) is 3.24 Å². The Balaban J connectivity index is 1.18. The predicted octanol–water partition coefficient (Wildman–Crippen LogP) is 16.4. The van der Waals surface area contributed by atoms with Gasteiger partial charge in [-0.05, 0) is 79.9 Å². The highest BCUT2D eigenvalue weighted by atomic mass is 32.1. The van der Waals surface area contributed by atoms with Crippen molar-refractivity contribution in [3.63, 3.8) is 0 Å². The predicted molar refractivity (Wildman–Crippen MR) is 259 cm³/mol. The van der Waals surface area contributed by atoms with Crippen molar-refractivity contribution >= 4 is 59.3 Å². The summed E-state index contributed by atoms with van der Waals surface area (Å²) in [6, 6.07) is 83.5. The highest BCUT2D eigenvalue weighted by molar-refractivity contribution is 7.26. The van der Waals surface area contributed by atoms with Crippen LogP contribution in [0.4, 0.5) is 17.1 Å². The van der Waals surface area contributed by atoms with E-state index >= 15 is 0 Å². The second-order valence-electron chi connectivity index (χ2n) is 16.3. The number of nitrogens with zero attached hydrogens (tertiary/aromatic N) is 1. The van der Waals surface area contributed by atoms with Crippen LogP contribution in [0.5, 0.6) is 0 Å². The van der Waals surface area contributed by atoms with Gasteiger partial charge in [0, 0.05) is 42.1 Å². The molecule has 0 amide bonds. The van der Waals surface area contributed by atoms with Crippen molar-refractivity contribution in [2.45, 2.75) is 5.41 Å². The van der Waals surface area contributed by atoms with Crippen LogP contribution in [0.25, 0.3) is 75.5 Å². The fourth-order valence-electron chi connectivity index (χ4n) is 10.9. The Kier molecular flexibility index (Phi) is 7.46. The Morgan fingerprint density at radius 1 is 0.328 bits per heavy atom. The van der Waals surface area contributed by atoms with Gasteiger partial charge >= 0.3 is 0 Å². The molecule has 11 aromatic rings. The molecule has 0 unspecified atom stereocenters. The standard InChI is InChI=1S/C59H37NS/c1-3-19-38(20-4-1)40-23-12-16-34-52(40)60(54-37-47-56-41(39-21-5-2-6-22-39)29-17-36-55(56)61-58(47)45-27-8-7-26-44(45)54)53-35-18-33-51-57(53)46-28-11-15-32-50(46)59(51)48-30-13-9-24-42(48)43-25-10-14-31-49(43)59/h1-37H. The van der Waals surface area contributed by atoms with E-state index in [2.05, 4.69) is 229 Å². The van der Waals surface area contributed by atoms with Gasteiger partial charge in [-0.1, -0.05) is 200 Å². The Labute approximate surface area is 359 Å². The summed E-state index contributed by atoms with van der Waals surface area (Å²) < 4.78 is 2.61. The molecule has 0 bridgehead atoms. The van der Waals surface area contributed by atoms with E-state index in [1.165, 1.54) is 103 Å². The van der Waals surface area contributed by atoms with E-state index in [1.807, 2.05) is 11.3 Å². The van der Waals surface area contributed by atoms with Crippen LogP contribution in [0, 0.1) is 0 Å². The first-order valence-electron chi connectivity index (χ1n) is 21.1. The van der Waals surface area contributed by atoms with Gasteiger partial charge in [0.1, 0.15) is 0 Å². The van der Waals surface area contributed by atoms with Gasteiger partial charge in [-0.25, -0.2) is 0 Å². The van der Waals surface area contributed by atoms with E-state index in [4.69, 9.17) is 0 Å². The molecule has 0 radical (unpaired) electrons. The normalized spacial score (nSPS) is 13.0. The largest absolute Gasteiger partial charge is 0.309 e. The third kappa shape index (κ3) is 4.77. The quantitative estimate of drug-likeness (QED) is 0.168. The van der Waals surface area contributed by atoms with Crippen LogP contribution in [0.1, 0.15) is 22.3 Å². The molecule has 2 aliphatic carbocycles. The minimum atomic E-state index is -0.458. The van der Waals surface area contributed by atoms with Gasteiger partial charge in [-0.3, -0.25) is 0 Å². The van der Waals surface area contributed by atoms with Gasteiger partial charge in [0.15, 0.2) is 0 Å². The second kappa shape index (κ2) is 13.2. The van der Waals surface area contributed by atoms with Gasteiger partial charge < -0.3 is 4.90 Å². The van der Waals surface area contributed by atoms with Crippen LogP contribution in [-0.2, 0) is 5.41 Å². The number of rotatable bonds is 5. The zero-order valence-corrected chi connectivity index (χ0v) is 34.0. The third-order valence-electron chi connectivity index (χ3n) is 13.3. The summed E-state index contributed by atoms with van der Waals surface area (Å²) in [5, 5.41) is 5.07. The molecule has 1 heterocycles. The van der Waals surface area contributed by atoms with Crippen LogP contribution in [-0.4, -0.2) is 0 Å². The number of para-hydroxylation sites is 1. The molecule has 1 aromatic heterocycles. The number of fused-ring (bicyclic) bond motifs is 15.